The van der Waals surface area contributed by atoms with Crippen molar-refractivity contribution in [3.8, 4) is 0 Å². The van der Waals surface area contributed by atoms with E-state index in [-0.39, 0.29) is 0 Å². The second kappa shape index (κ2) is 1.72. The molecule has 0 aromatic rings. The molecule has 1 nitrogen and oxygen atoms in total. The Hall–Kier alpha value is -0.0400. The largest absolute Gasteiger partial charge is 0.328 e. The zero-order valence-corrected chi connectivity index (χ0v) is 6.01. The summed E-state index contributed by atoms with van der Waals surface area (Å²) in [6.45, 7) is 2.16. The van der Waals surface area contributed by atoms with Gasteiger partial charge in [0.05, 0.1) is 0 Å². The Morgan fingerprint density at radius 1 is 1.33 bits per heavy atom. The van der Waals surface area contributed by atoms with Crippen LogP contribution in [0.1, 0.15) is 26.2 Å². The molecule has 0 spiro atoms. The molecule has 2 aliphatic carbocycles. The second-order valence-corrected chi connectivity index (χ2v) is 3.70. The number of nitrogens with two attached hydrogens (primary N) is 1. The van der Waals surface area contributed by atoms with Gasteiger partial charge in [0.1, 0.15) is 0 Å². The second-order valence-electron chi connectivity index (χ2n) is 3.70. The monoisotopic (exact) mass is 125 g/mol. The van der Waals surface area contributed by atoms with Crippen molar-refractivity contribution in [3.05, 3.63) is 0 Å². The molecule has 9 heavy (non-hydrogen) atoms. The quantitative estimate of drug-likeness (QED) is 0.563. The number of fused-ring (bicyclic) bond motifs is 1. The molecule has 0 bridgehead atoms. The molecule has 4 atom stereocenters. The molecule has 0 aromatic carbocycles. The summed E-state index contributed by atoms with van der Waals surface area (Å²) in [5.41, 5.74) is 5.79. The first kappa shape index (κ1) is 5.72. The molecule has 2 saturated carbocycles. The predicted octanol–water partition coefficient (Wildman–Crippen LogP) is 1.38. The van der Waals surface area contributed by atoms with E-state index >= 15 is 0 Å². The Kier molecular flexibility index (Phi) is 1.10. The predicted molar refractivity (Wildman–Crippen MR) is 38.0 cm³/mol. The Balaban J connectivity index is 1.94. The average Bonchev–Trinajstić information content (AvgIpc) is 2.30. The molecule has 0 amide bonds. The number of rotatable bonds is 1. The highest BCUT2D eigenvalue weighted by molar-refractivity contribution is 5.04. The fourth-order valence-corrected chi connectivity index (χ4v) is 2.66. The van der Waals surface area contributed by atoms with Gasteiger partial charge in [-0.2, -0.15) is 0 Å². The van der Waals surface area contributed by atoms with Gasteiger partial charge in [-0.15, -0.1) is 0 Å². The van der Waals surface area contributed by atoms with Crippen molar-refractivity contribution >= 4 is 0 Å². The van der Waals surface area contributed by atoms with Gasteiger partial charge in [0.25, 0.3) is 0 Å². The first-order chi connectivity index (χ1) is 4.30. The molecule has 2 aliphatic rings. The molecule has 0 saturated heterocycles. The van der Waals surface area contributed by atoms with Crippen LogP contribution in [-0.4, -0.2) is 6.04 Å². The smallest absolute Gasteiger partial charge is 0.00442 e. The van der Waals surface area contributed by atoms with Crippen LogP contribution in [0, 0.1) is 17.8 Å². The minimum atomic E-state index is 0.472. The lowest BCUT2D eigenvalue weighted by Gasteiger charge is -2.05. The van der Waals surface area contributed by atoms with Gasteiger partial charge in [0.2, 0.25) is 0 Å². The van der Waals surface area contributed by atoms with E-state index in [1.54, 1.807) is 0 Å². The summed E-state index contributed by atoms with van der Waals surface area (Å²) < 4.78 is 0. The van der Waals surface area contributed by atoms with Crippen molar-refractivity contribution in [2.75, 3.05) is 0 Å². The Bertz CT molecular complexity index is 110. The van der Waals surface area contributed by atoms with E-state index in [0.717, 1.165) is 17.8 Å². The van der Waals surface area contributed by atoms with Crippen molar-refractivity contribution in [2.24, 2.45) is 23.5 Å². The molecule has 1 heteroatoms. The van der Waals surface area contributed by atoms with Crippen LogP contribution in [0.25, 0.3) is 0 Å². The lowest BCUT2D eigenvalue weighted by atomic mass is 10.1. The van der Waals surface area contributed by atoms with Crippen LogP contribution >= 0.6 is 0 Å². The maximum atomic E-state index is 5.79. The highest BCUT2D eigenvalue weighted by Crippen LogP contribution is 2.58. The summed E-state index contributed by atoms with van der Waals surface area (Å²) in [5.74, 6) is 3.01. The summed E-state index contributed by atoms with van der Waals surface area (Å²) in [4.78, 5) is 0. The summed E-state index contributed by atoms with van der Waals surface area (Å²) in [5, 5.41) is 0. The highest BCUT2D eigenvalue weighted by atomic mass is 14.7. The molecule has 2 unspecified atom stereocenters. The Labute approximate surface area is 56.6 Å². The van der Waals surface area contributed by atoms with Gasteiger partial charge in [0.15, 0.2) is 0 Å². The zero-order valence-electron chi connectivity index (χ0n) is 6.01. The fourth-order valence-electron chi connectivity index (χ4n) is 2.66. The van der Waals surface area contributed by atoms with Crippen LogP contribution < -0.4 is 5.73 Å². The first-order valence-electron chi connectivity index (χ1n) is 4.06. The van der Waals surface area contributed by atoms with Crippen LogP contribution in [0.2, 0.25) is 0 Å². The van der Waals surface area contributed by atoms with E-state index in [1.165, 1.54) is 19.3 Å². The van der Waals surface area contributed by atoms with Gasteiger partial charge in [-0.05, 0) is 37.5 Å². The Morgan fingerprint density at radius 3 is 2.22 bits per heavy atom. The first-order valence-corrected chi connectivity index (χ1v) is 4.06. The maximum Gasteiger partial charge on any atom is 0.00442 e. The van der Waals surface area contributed by atoms with Crippen molar-refractivity contribution in [3.63, 3.8) is 0 Å². The third kappa shape index (κ3) is 0.710. The topological polar surface area (TPSA) is 26.0 Å². The third-order valence-electron chi connectivity index (χ3n) is 3.08. The molecule has 2 N–H and O–H groups in total. The Morgan fingerprint density at radius 2 is 1.89 bits per heavy atom. The van der Waals surface area contributed by atoms with Crippen LogP contribution in [0.4, 0.5) is 0 Å². The summed E-state index contributed by atoms with van der Waals surface area (Å²) in [6, 6.07) is 0.472. The SMILES string of the molecule is CC(N)C1[C@H]2CCC[C@@H]12. The van der Waals surface area contributed by atoms with Crippen molar-refractivity contribution in [1.29, 1.82) is 0 Å². The number of hydrogen-bond donors (Lipinski definition) is 1. The van der Waals surface area contributed by atoms with E-state index in [0.29, 0.717) is 6.04 Å². The van der Waals surface area contributed by atoms with Crippen LogP contribution in [0.15, 0.2) is 0 Å². The average molecular weight is 125 g/mol. The maximum absolute atomic E-state index is 5.79. The molecule has 0 aliphatic heterocycles. The minimum Gasteiger partial charge on any atom is -0.328 e. The summed E-state index contributed by atoms with van der Waals surface area (Å²) in [6.07, 6.45) is 4.41. The molecule has 52 valence electrons. The van der Waals surface area contributed by atoms with Crippen LogP contribution in [0.3, 0.4) is 0 Å². The minimum absolute atomic E-state index is 0.472. The third-order valence-corrected chi connectivity index (χ3v) is 3.08. The van der Waals surface area contributed by atoms with E-state index < -0.39 is 0 Å². The van der Waals surface area contributed by atoms with Crippen molar-refractivity contribution in [2.45, 2.75) is 32.2 Å². The van der Waals surface area contributed by atoms with Crippen molar-refractivity contribution in [1.82, 2.24) is 0 Å². The van der Waals surface area contributed by atoms with Gasteiger partial charge in [-0.1, -0.05) is 6.42 Å². The number of hydrogen-bond acceptors (Lipinski definition) is 1. The van der Waals surface area contributed by atoms with Crippen LogP contribution in [-0.2, 0) is 0 Å². The lowest BCUT2D eigenvalue weighted by Crippen LogP contribution is -2.19. The summed E-state index contributed by atoms with van der Waals surface area (Å²) in [7, 11) is 0. The van der Waals surface area contributed by atoms with Gasteiger partial charge in [0, 0.05) is 6.04 Å². The van der Waals surface area contributed by atoms with Gasteiger partial charge < -0.3 is 5.73 Å². The lowest BCUT2D eigenvalue weighted by molar-refractivity contribution is 0.513. The van der Waals surface area contributed by atoms with Gasteiger partial charge in [-0.3, -0.25) is 0 Å². The standard InChI is InChI=1S/C8H15N/c1-5(9)8-6-3-2-4-7(6)8/h5-8H,2-4,9H2,1H3/t5?,6-,7+,8?. The zero-order chi connectivity index (χ0) is 6.43. The van der Waals surface area contributed by atoms with Crippen LogP contribution in [0.5, 0.6) is 0 Å². The van der Waals surface area contributed by atoms with E-state index in [4.69, 9.17) is 5.73 Å². The van der Waals surface area contributed by atoms with E-state index in [9.17, 15) is 0 Å². The molecule has 0 aromatic heterocycles. The van der Waals surface area contributed by atoms with E-state index in [2.05, 4.69) is 6.92 Å². The van der Waals surface area contributed by atoms with Crippen molar-refractivity contribution < 1.29 is 0 Å². The van der Waals surface area contributed by atoms with Gasteiger partial charge >= 0.3 is 0 Å². The molecular formula is C8H15N. The molecule has 0 radical (unpaired) electrons. The van der Waals surface area contributed by atoms with Gasteiger partial charge in [-0.25, -0.2) is 0 Å². The normalized spacial score (nSPS) is 50.7. The summed E-state index contributed by atoms with van der Waals surface area (Å²) >= 11 is 0. The fraction of sp³-hybridized carbons (Fsp3) is 1.00. The molecule has 2 rings (SSSR count). The van der Waals surface area contributed by atoms with E-state index in [1.807, 2.05) is 0 Å². The molecule has 0 heterocycles. The highest BCUT2D eigenvalue weighted by Gasteiger charge is 2.53. The molecular weight excluding hydrogens is 110 g/mol. The molecule has 2 fully saturated rings.